The number of sulfonamides is 1. The smallest absolute Gasteiger partial charge is 0.264 e. The molecule has 0 aliphatic rings. The summed E-state index contributed by atoms with van der Waals surface area (Å²) < 4.78 is 33.8. The molecular formula is C30H37N3O5S. The predicted octanol–water partition coefficient (Wildman–Crippen LogP) is 4.61. The molecule has 3 rings (SSSR count). The highest BCUT2D eigenvalue weighted by Gasteiger charge is 2.33. The van der Waals surface area contributed by atoms with E-state index in [2.05, 4.69) is 5.32 Å². The summed E-state index contributed by atoms with van der Waals surface area (Å²) in [5.41, 5.74) is 1.15. The number of para-hydroxylation sites is 1. The fourth-order valence-electron chi connectivity index (χ4n) is 4.20. The fraction of sp³-hybridized carbons (Fsp3) is 0.333. The van der Waals surface area contributed by atoms with Crippen molar-refractivity contribution in [2.24, 2.45) is 0 Å². The van der Waals surface area contributed by atoms with Crippen LogP contribution in [0.25, 0.3) is 0 Å². The van der Waals surface area contributed by atoms with Gasteiger partial charge in [-0.05, 0) is 54.8 Å². The molecule has 0 aliphatic heterocycles. The van der Waals surface area contributed by atoms with Crippen LogP contribution < -0.4 is 14.4 Å². The van der Waals surface area contributed by atoms with E-state index in [9.17, 15) is 18.0 Å². The Labute approximate surface area is 231 Å². The van der Waals surface area contributed by atoms with E-state index in [1.165, 1.54) is 17.0 Å². The number of nitrogens with one attached hydrogen (secondary N) is 1. The highest BCUT2D eigenvalue weighted by Crippen LogP contribution is 2.24. The Morgan fingerprint density at radius 2 is 1.51 bits per heavy atom. The summed E-state index contributed by atoms with van der Waals surface area (Å²) in [4.78, 5) is 28.7. The van der Waals surface area contributed by atoms with Gasteiger partial charge in [0.1, 0.15) is 18.3 Å². The standard InChI is InChI=1S/C30H37N3O5S/c1-4-6-21-31-30(35)28(5-2)32(22-24-17-19-26(38-3)20-18-24)29(34)23-33(25-13-9-7-10-14-25)39(36,37)27-15-11-8-12-16-27/h7-20,28H,4-6,21-23H2,1-3H3,(H,31,35)/t28-/m1/s1. The minimum atomic E-state index is -4.07. The molecule has 0 aliphatic carbocycles. The molecule has 208 valence electrons. The Morgan fingerprint density at radius 1 is 0.897 bits per heavy atom. The highest BCUT2D eigenvalue weighted by molar-refractivity contribution is 7.92. The van der Waals surface area contributed by atoms with Crippen molar-refractivity contribution >= 4 is 27.5 Å². The van der Waals surface area contributed by atoms with Gasteiger partial charge in [-0.15, -0.1) is 0 Å². The fourth-order valence-corrected chi connectivity index (χ4v) is 5.63. The number of hydrogen-bond acceptors (Lipinski definition) is 5. The minimum absolute atomic E-state index is 0.0766. The lowest BCUT2D eigenvalue weighted by atomic mass is 10.1. The van der Waals surface area contributed by atoms with Crippen LogP contribution >= 0.6 is 0 Å². The van der Waals surface area contributed by atoms with Gasteiger partial charge in [0, 0.05) is 13.1 Å². The van der Waals surface area contributed by atoms with Gasteiger partial charge in [0.2, 0.25) is 11.8 Å². The number of nitrogens with zero attached hydrogens (tertiary/aromatic N) is 2. The van der Waals surface area contributed by atoms with Crippen LogP contribution in [0.2, 0.25) is 0 Å². The van der Waals surface area contributed by atoms with Crippen molar-refractivity contribution in [1.82, 2.24) is 10.2 Å². The molecule has 0 fully saturated rings. The van der Waals surface area contributed by atoms with Crippen LogP contribution in [-0.4, -0.2) is 51.4 Å². The Hall–Kier alpha value is -3.85. The molecule has 8 nitrogen and oxygen atoms in total. The van der Waals surface area contributed by atoms with Crippen LogP contribution in [0.5, 0.6) is 5.75 Å². The first-order chi connectivity index (χ1) is 18.8. The third kappa shape index (κ3) is 7.83. The molecule has 0 saturated carbocycles. The maximum absolute atomic E-state index is 14.0. The predicted molar refractivity (Wildman–Crippen MR) is 153 cm³/mol. The number of methoxy groups -OCH3 is 1. The van der Waals surface area contributed by atoms with Crippen LogP contribution in [0.4, 0.5) is 5.69 Å². The van der Waals surface area contributed by atoms with Gasteiger partial charge in [-0.25, -0.2) is 8.42 Å². The average Bonchev–Trinajstić information content (AvgIpc) is 2.97. The third-order valence-corrected chi connectivity index (χ3v) is 8.17. The van der Waals surface area contributed by atoms with Gasteiger partial charge in [0.25, 0.3) is 10.0 Å². The number of anilines is 1. The van der Waals surface area contributed by atoms with E-state index >= 15 is 0 Å². The van der Waals surface area contributed by atoms with Crippen LogP contribution in [0.15, 0.2) is 89.8 Å². The van der Waals surface area contributed by atoms with Crippen LogP contribution in [0, 0.1) is 0 Å². The van der Waals surface area contributed by atoms with Crippen LogP contribution in [-0.2, 0) is 26.2 Å². The van der Waals surface area contributed by atoms with Crippen molar-refractivity contribution in [2.75, 3.05) is 24.5 Å². The lowest BCUT2D eigenvalue weighted by Crippen LogP contribution is -2.52. The topological polar surface area (TPSA) is 96.0 Å². The summed E-state index contributed by atoms with van der Waals surface area (Å²) in [5.74, 6) is -0.0677. The minimum Gasteiger partial charge on any atom is -0.497 e. The molecule has 0 heterocycles. The molecule has 2 amide bonds. The molecule has 1 N–H and O–H groups in total. The van der Waals surface area contributed by atoms with E-state index in [0.717, 1.165) is 22.7 Å². The van der Waals surface area contributed by atoms with Crippen molar-refractivity contribution in [3.63, 3.8) is 0 Å². The summed E-state index contributed by atoms with van der Waals surface area (Å²) in [5, 5.41) is 2.93. The Balaban J connectivity index is 1.99. The second kappa shape index (κ2) is 14.3. The summed E-state index contributed by atoms with van der Waals surface area (Å²) in [6.45, 7) is 4.06. The second-order valence-electron chi connectivity index (χ2n) is 9.10. The lowest BCUT2D eigenvalue weighted by Gasteiger charge is -2.33. The SMILES string of the molecule is CCCCNC(=O)[C@@H](CC)N(Cc1ccc(OC)cc1)C(=O)CN(c1ccccc1)S(=O)(=O)c1ccccc1. The molecule has 0 radical (unpaired) electrons. The van der Waals surface area contributed by atoms with E-state index in [-0.39, 0.29) is 17.3 Å². The van der Waals surface area contributed by atoms with Gasteiger partial charge < -0.3 is 15.0 Å². The van der Waals surface area contributed by atoms with E-state index in [4.69, 9.17) is 4.74 Å². The first-order valence-corrected chi connectivity index (χ1v) is 14.6. The molecule has 3 aromatic carbocycles. The summed E-state index contributed by atoms with van der Waals surface area (Å²) in [6, 6.07) is 23.0. The number of rotatable bonds is 14. The maximum Gasteiger partial charge on any atom is 0.264 e. The van der Waals surface area contributed by atoms with E-state index < -0.39 is 28.5 Å². The number of benzene rings is 3. The summed E-state index contributed by atoms with van der Waals surface area (Å²) >= 11 is 0. The first kappa shape index (κ1) is 29.7. The van der Waals surface area contributed by atoms with Gasteiger partial charge in [-0.3, -0.25) is 13.9 Å². The van der Waals surface area contributed by atoms with Gasteiger partial charge in [-0.1, -0.05) is 68.8 Å². The monoisotopic (exact) mass is 551 g/mol. The van der Waals surface area contributed by atoms with Crippen molar-refractivity contribution in [3.8, 4) is 5.75 Å². The summed E-state index contributed by atoms with van der Waals surface area (Å²) in [6.07, 6.45) is 2.12. The molecule has 0 bridgehead atoms. The van der Waals surface area contributed by atoms with Gasteiger partial charge >= 0.3 is 0 Å². The van der Waals surface area contributed by atoms with Gasteiger partial charge in [0.15, 0.2) is 0 Å². The van der Waals surface area contributed by atoms with E-state index in [1.807, 2.05) is 26.0 Å². The zero-order chi connectivity index (χ0) is 28.3. The normalized spacial score (nSPS) is 11.9. The van der Waals surface area contributed by atoms with Crippen molar-refractivity contribution in [3.05, 3.63) is 90.5 Å². The molecule has 1 atom stereocenters. The number of amides is 2. The van der Waals surface area contributed by atoms with Crippen molar-refractivity contribution < 1.29 is 22.7 Å². The lowest BCUT2D eigenvalue weighted by molar-refractivity contribution is -0.140. The largest absolute Gasteiger partial charge is 0.497 e. The van der Waals surface area contributed by atoms with Gasteiger partial charge in [-0.2, -0.15) is 0 Å². The highest BCUT2D eigenvalue weighted by atomic mass is 32.2. The molecule has 0 unspecified atom stereocenters. The molecule has 0 spiro atoms. The molecular weight excluding hydrogens is 514 g/mol. The maximum atomic E-state index is 14.0. The quantitative estimate of drug-likeness (QED) is 0.295. The Morgan fingerprint density at radius 3 is 2.08 bits per heavy atom. The van der Waals surface area contributed by atoms with Gasteiger partial charge in [0.05, 0.1) is 17.7 Å². The number of carbonyl (C=O) groups is 2. The molecule has 9 heteroatoms. The van der Waals surface area contributed by atoms with Crippen molar-refractivity contribution in [2.45, 2.75) is 50.6 Å². The first-order valence-electron chi connectivity index (χ1n) is 13.1. The molecule has 3 aromatic rings. The zero-order valence-electron chi connectivity index (χ0n) is 22.7. The number of unbranched alkanes of at least 4 members (excludes halogenated alkanes) is 1. The van der Waals surface area contributed by atoms with E-state index in [0.29, 0.717) is 24.4 Å². The summed E-state index contributed by atoms with van der Waals surface area (Å²) in [7, 11) is -2.49. The average molecular weight is 552 g/mol. The molecule has 0 aromatic heterocycles. The zero-order valence-corrected chi connectivity index (χ0v) is 23.6. The number of ether oxygens (including phenoxy) is 1. The van der Waals surface area contributed by atoms with E-state index in [1.54, 1.807) is 67.8 Å². The Bertz CT molecular complexity index is 1300. The molecule has 39 heavy (non-hydrogen) atoms. The van der Waals surface area contributed by atoms with Crippen LogP contribution in [0.3, 0.4) is 0 Å². The molecule has 0 saturated heterocycles. The number of hydrogen-bond donors (Lipinski definition) is 1. The number of carbonyl (C=O) groups excluding carboxylic acids is 2. The third-order valence-electron chi connectivity index (χ3n) is 6.38. The Kier molecular flexibility index (Phi) is 10.9. The van der Waals surface area contributed by atoms with Crippen LogP contribution in [0.1, 0.15) is 38.7 Å². The second-order valence-corrected chi connectivity index (χ2v) is 11.0. The van der Waals surface area contributed by atoms with Crippen molar-refractivity contribution in [1.29, 1.82) is 0 Å².